The molecule has 2 aromatic carbocycles. The molecule has 1 atom stereocenters. The summed E-state index contributed by atoms with van der Waals surface area (Å²) < 4.78 is 22.7. The average Bonchev–Trinajstić information content (AvgIpc) is 3.24. The molecule has 1 unspecified atom stereocenters. The van der Waals surface area contributed by atoms with Gasteiger partial charge in [-0.25, -0.2) is 0 Å². The molecule has 0 aliphatic carbocycles. The van der Waals surface area contributed by atoms with Crippen molar-refractivity contribution < 1.29 is 28.2 Å². The van der Waals surface area contributed by atoms with E-state index >= 15 is 0 Å². The summed E-state index contributed by atoms with van der Waals surface area (Å²) in [6.45, 7) is 2.23. The van der Waals surface area contributed by atoms with Gasteiger partial charge < -0.3 is 28.8 Å². The third-order valence-electron chi connectivity index (χ3n) is 6.63. The highest BCUT2D eigenvalue weighted by molar-refractivity contribution is 6.04. The zero-order valence-corrected chi connectivity index (χ0v) is 20.4. The second-order valence-electron chi connectivity index (χ2n) is 8.79. The van der Waals surface area contributed by atoms with E-state index in [1.54, 1.807) is 39.6 Å². The number of nitrogens with one attached hydrogen (secondary N) is 1. The van der Waals surface area contributed by atoms with Crippen LogP contribution in [0.25, 0.3) is 21.7 Å². The number of pyridine rings is 1. The standard InChI is InChI=1S/C27H27N3O6/c1-27(26(32)29-15-20-19-14-28-11-10-17(19)8-9-21(20)34-3)16-35-23-18-6-4-5-7-22(18)36-24(23)25(31)30(27)12-13-33-2/h4-11,14H,12-13,15-16H2,1-3H3,(H,29,32). The zero-order chi connectivity index (χ0) is 25.3. The maximum atomic E-state index is 13.7. The third kappa shape index (κ3) is 3.91. The highest BCUT2D eigenvalue weighted by Gasteiger charge is 2.47. The number of fused-ring (bicyclic) bond motifs is 4. The number of nitrogens with zero attached hydrogens (tertiary/aromatic N) is 2. The molecule has 1 aliphatic heterocycles. The fourth-order valence-electron chi connectivity index (χ4n) is 4.60. The molecular formula is C27H27N3O6. The first kappa shape index (κ1) is 23.6. The summed E-state index contributed by atoms with van der Waals surface area (Å²) in [6.07, 6.45) is 3.46. The number of amides is 2. The third-order valence-corrected chi connectivity index (χ3v) is 6.63. The van der Waals surface area contributed by atoms with Crippen molar-refractivity contribution in [2.75, 3.05) is 34.0 Å². The van der Waals surface area contributed by atoms with Crippen molar-refractivity contribution in [1.29, 1.82) is 0 Å². The Labute approximate surface area is 207 Å². The largest absolute Gasteiger partial charge is 0.496 e. The number of para-hydroxylation sites is 1. The first-order valence-corrected chi connectivity index (χ1v) is 11.6. The normalized spacial score (nSPS) is 17.5. The number of benzene rings is 2. The van der Waals surface area contributed by atoms with E-state index in [1.165, 1.54) is 4.90 Å². The Morgan fingerprint density at radius 3 is 2.81 bits per heavy atom. The van der Waals surface area contributed by atoms with Crippen molar-refractivity contribution in [3.05, 3.63) is 66.2 Å². The lowest BCUT2D eigenvalue weighted by Gasteiger charge is -2.37. The van der Waals surface area contributed by atoms with Gasteiger partial charge in [0.25, 0.3) is 5.91 Å². The number of rotatable bonds is 7. The van der Waals surface area contributed by atoms with Gasteiger partial charge in [0.1, 0.15) is 17.9 Å². The van der Waals surface area contributed by atoms with Crippen molar-refractivity contribution in [3.8, 4) is 11.5 Å². The molecule has 9 heteroatoms. The van der Waals surface area contributed by atoms with Crippen LogP contribution in [0.3, 0.4) is 0 Å². The van der Waals surface area contributed by atoms with Gasteiger partial charge in [0, 0.05) is 43.5 Å². The topological polar surface area (TPSA) is 103 Å². The van der Waals surface area contributed by atoms with Gasteiger partial charge in [-0.2, -0.15) is 0 Å². The molecule has 4 aromatic rings. The molecule has 0 spiro atoms. The molecule has 3 heterocycles. The number of ether oxygens (including phenoxy) is 3. The van der Waals surface area contributed by atoms with E-state index < -0.39 is 11.4 Å². The molecule has 0 bridgehead atoms. The summed E-state index contributed by atoms with van der Waals surface area (Å²) in [5.74, 6) is 0.252. The molecule has 5 rings (SSSR count). The average molecular weight is 490 g/mol. The lowest BCUT2D eigenvalue weighted by Crippen LogP contribution is -2.61. The maximum absolute atomic E-state index is 13.7. The maximum Gasteiger partial charge on any atom is 0.294 e. The molecule has 2 aromatic heterocycles. The highest BCUT2D eigenvalue weighted by atomic mass is 16.5. The van der Waals surface area contributed by atoms with Gasteiger partial charge in [0.2, 0.25) is 11.7 Å². The number of methoxy groups -OCH3 is 2. The second kappa shape index (κ2) is 9.50. The minimum absolute atomic E-state index is 0.0565. The Hall–Kier alpha value is -4.11. The van der Waals surface area contributed by atoms with E-state index in [0.717, 1.165) is 16.3 Å². The fourth-order valence-corrected chi connectivity index (χ4v) is 4.60. The van der Waals surface area contributed by atoms with Gasteiger partial charge in [-0.3, -0.25) is 14.6 Å². The summed E-state index contributed by atoms with van der Waals surface area (Å²) in [6, 6.07) is 13.0. The lowest BCUT2D eigenvalue weighted by molar-refractivity contribution is -0.133. The Balaban J connectivity index is 1.47. The Bertz CT molecular complexity index is 1450. The highest BCUT2D eigenvalue weighted by Crippen LogP contribution is 2.38. The van der Waals surface area contributed by atoms with Crippen LogP contribution in [-0.2, 0) is 16.1 Å². The van der Waals surface area contributed by atoms with Crippen molar-refractivity contribution in [3.63, 3.8) is 0 Å². The van der Waals surface area contributed by atoms with Crippen LogP contribution in [0.4, 0.5) is 0 Å². The lowest BCUT2D eigenvalue weighted by atomic mass is 9.98. The molecule has 1 aliphatic rings. The zero-order valence-electron chi connectivity index (χ0n) is 20.4. The van der Waals surface area contributed by atoms with Crippen molar-refractivity contribution in [2.45, 2.75) is 19.0 Å². The summed E-state index contributed by atoms with van der Waals surface area (Å²) >= 11 is 0. The van der Waals surface area contributed by atoms with Crippen LogP contribution >= 0.6 is 0 Å². The van der Waals surface area contributed by atoms with Crippen molar-refractivity contribution in [1.82, 2.24) is 15.2 Å². The van der Waals surface area contributed by atoms with Gasteiger partial charge in [0.05, 0.1) is 19.1 Å². The number of aromatic nitrogens is 1. The smallest absolute Gasteiger partial charge is 0.294 e. The van der Waals surface area contributed by atoms with E-state index in [0.29, 0.717) is 22.5 Å². The van der Waals surface area contributed by atoms with Crippen molar-refractivity contribution in [2.24, 2.45) is 0 Å². The fraction of sp³-hybridized carbons (Fsp3) is 0.296. The molecule has 0 saturated carbocycles. The van der Waals surface area contributed by atoms with Gasteiger partial charge in [-0.1, -0.05) is 18.2 Å². The monoisotopic (exact) mass is 489 g/mol. The van der Waals surface area contributed by atoms with Gasteiger partial charge >= 0.3 is 0 Å². The molecular weight excluding hydrogens is 462 g/mol. The quantitative estimate of drug-likeness (QED) is 0.424. The first-order valence-electron chi connectivity index (χ1n) is 11.6. The summed E-state index contributed by atoms with van der Waals surface area (Å²) in [5.41, 5.74) is 0.0171. The Morgan fingerprint density at radius 2 is 2.00 bits per heavy atom. The Kier molecular flexibility index (Phi) is 6.24. The van der Waals surface area contributed by atoms with Crippen LogP contribution in [-0.4, -0.2) is 61.2 Å². The summed E-state index contributed by atoms with van der Waals surface area (Å²) in [7, 11) is 3.13. The molecule has 0 fully saturated rings. The second-order valence-corrected chi connectivity index (χ2v) is 8.79. The van der Waals surface area contributed by atoms with E-state index in [9.17, 15) is 9.59 Å². The van der Waals surface area contributed by atoms with Crippen LogP contribution in [0.2, 0.25) is 0 Å². The van der Waals surface area contributed by atoms with Gasteiger partial charge in [-0.15, -0.1) is 0 Å². The minimum Gasteiger partial charge on any atom is -0.496 e. The number of carbonyl (C=O) groups is 2. The van der Waals surface area contributed by atoms with E-state index in [4.69, 9.17) is 18.6 Å². The van der Waals surface area contributed by atoms with Gasteiger partial charge in [-0.05, 0) is 36.6 Å². The Morgan fingerprint density at radius 1 is 1.17 bits per heavy atom. The molecule has 1 N–H and O–H groups in total. The molecule has 36 heavy (non-hydrogen) atoms. The van der Waals surface area contributed by atoms with Crippen LogP contribution in [0.5, 0.6) is 11.5 Å². The van der Waals surface area contributed by atoms with Crippen molar-refractivity contribution >= 4 is 33.6 Å². The van der Waals surface area contributed by atoms with Crippen LogP contribution in [0.15, 0.2) is 59.3 Å². The van der Waals surface area contributed by atoms with Crippen LogP contribution < -0.4 is 14.8 Å². The van der Waals surface area contributed by atoms with E-state index in [1.807, 2.05) is 36.4 Å². The number of hydrogen-bond acceptors (Lipinski definition) is 7. The number of carbonyl (C=O) groups excluding carboxylic acids is 2. The first-order chi connectivity index (χ1) is 17.5. The van der Waals surface area contributed by atoms with E-state index in [-0.39, 0.29) is 38.0 Å². The number of furan rings is 1. The van der Waals surface area contributed by atoms with Gasteiger partial charge in [0.15, 0.2) is 11.3 Å². The van der Waals surface area contributed by atoms with Crippen LogP contribution in [0.1, 0.15) is 23.0 Å². The molecule has 0 radical (unpaired) electrons. The summed E-state index contributed by atoms with van der Waals surface area (Å²) in [4.78, 5) is 33.1. The molecule has 2 amide bonds. The van der Waals surface area contributed by atoms with Crippen LogP contribution in [0, 0.1) is 0 Å². The number of hydrogen-bond donors (Lipinski definition) is 1. The molecule has 0 saturated heterocycles. The SMILES string of the molecule is COCCN1C(=O)c2oc3ccccc3c2OCC1(C)C(=O)NCc1c(OC)ccc2ccncc12. The minimum atomic E-state index is -1.33. The predicted molar refractivity (Wildman–Crippen MR) is 133 cm³/mol. The molecule has 9 nitrogen and oxygen atoms in total. The van der Waals surface area contributed by atoms with E-state index in [2.05, 4.69) is 10.3 Å². The molecule has 186 valence electrons. The summed E-state index contributed by atoms with van der Waals surface area (Å²) in [5, 5.41) is 5.53. The predicted octanol–water partition coefficient (Wildman–Crippen LogP) is 3.55.